The van der Waals surface area contributed by atoms with E-state index in [4.69, 9.17) is 0 Å². The van der Waals surface area contributed by atoms with Crippen molar-refractivity contribution >= 4 is 11.7 Å². The number of nitrogens with one attached hydrogen (secondary N) is 1. The normalized spacial score (nSPS) is 12.7. The summed E-state index contributed by atoms with van der Waals surface area (Å²) in [5.41, 5.74) is 5.78. The molecule has 0 atom stereocenters. The molecule has 4 nitrogen and oxygen atoms in total. The number of fused-ring (bicyclic) bond motifs is 1. The smallest absolute Gasteiger partial charge is 0.321 e. The molecule has 0 radical (unpaired) electrons. The molecule has 0 saturated carbocycles. The second-order valence-electron chi connectivity index (χ2n) is 6.45. The molecule has 2 amide bonds. The first kappa shape index (κ1) is 16.3. The number of carbonyl (C=O) groups is 1. The Morgan fingerprint density at radius 3 is 2.62 bits per heavy atom. The van der Waals surface area contributed by atoms with Gasteiger partial charge in [0.1, 0.15) is 0 Å². The maximum atomic E-state index is 12.6. The SMILES string of the molecule is O=C(NCCc1ccccc1)N1CCc2cc(-c3ccncc3)ccc21. The lowest BCUT2D eigenvalue weighted by Gasteiger charge is -2.18. The molecule has 4 heteroatoms. The van der Waals surface area contributed by atoms with Gasteiger partial charge in [0.25, 0.3) is 0 Å². The van der Waals surface area contributed by atoms with Crippen LogP contribution in [0, 0.1) is 0 Å². The van der Waals surface area contributed by atoms with E-state index in [9.17, 15) is 4.79 Å². The Labute approximate surface area is 153 Å². The first-order valence-corrected chi connectivity index (χ1v) is 8.94. The number of benzene rings is 2. The third kappa shape index (κ3) is 3.45. The van der Waals surface area contributed by atoms with E-state index in [1.54, 1.807) is 12.4 Å². The van der Waals surface area contributed by atoms with E-state index in [1.165, 1.54) is 11.1 Å². The maximum Gasteiger partial charge on any atom is 0.321 e. The second kappa shape index (κ2) is 7.40. The van der Waals surface area contributed by atoms with Crippen LogP contribution in [0.15, 0.2) is 73.1 Å². The first-order valence-electron chi connectivity index (χ1n) is 8.94. The first-order chi connectivity index (χ1) is 12.8. The van der Waals surface area contributed by atoms with Gasteiger partial charge in [0.2, 0.25) is 0 Å². The summed E-state index contributed by atoms with van der Waals surface area (Å²) in [5, 5.41) is 3.04. The number of urea groups is 1. The van der Waals surface area contributed by atoms with Crippen LogP contribution >= 0.6 is 0 Å². The fourth-order valence-corrected chi connectivity index (χ4v) is 3.39. The summed E-state index contributed by atoms with van der Waals surface area (Å²) >= 11 is 0. The predicted octanol–water partition coefficient (Wildman–Crippen LogP) is 4.06. The molecule has 26 heavy (non-hydrogen) atoms. The number of amides is 2. The number of pyridine rings is 1. The fourth-order valence-electron chi connectivity index (χ4n) is 3.39. The zero-order valence-corrected chi connectivity index (χ0v) is 14.6. The van der Waals surface area contributed by atoms with Crippen LogP contribution in [0.4, 0.5) is 10.5 Å². The van der Waals surface area contributed by atoms with Gasteiger partial charge in [-0.3, -0.25) is 9.88 Å². The number of nitrogens with zero attached hydrogens (tertiary/aromatic N) is 2. The molecule has 3 aromatic rings. The monoisotopic (exact) mass is 343 g/mol. The summed E-state index contributed by atoms with van der Waals surface area (Å²) in [6.45, 7) is 1.37. The molecule has 0 unspecified atom stereocenters. The molecule has 1 aromatic heterocycles. The number of hydrogen-bond acceptors (Lipinski definition) is 2. The van der Waals surface area contributed by atoms with Crippen LogP contribution in [0.25, 0.3) is 11.1 Å². The van der Waals surface area contributed by atoms with Crippen LogP contribution in [0.3, 0.4) is 0 Å². The molecular weight excluding hydrogens is 322 g/mol. The quantitative estimate of drug-likeness (QED) is 0.776. The van der Waals surface area contributed by atoms with Crippen LogP contribution in [0.2, 0.25) is 0 Å². The molecule has 1 N–H and O–H groups in total. The van der Waals surface area contributed by atoms with Crippen molar-refractivity contribution in [3.05, 3.63) is 84.2 Å². The van der Waals surface area contributed by atoms with E-state index in [1.807, 2.05) is 35.2 Å². The van der Waals surface area contributed by atoms with E-state index in [-0.39, 0.29) is 6.03 Å². The average Bonchev–Trinajstić information content (AvgIpc) is 3.13. The molecule has 0 fully saturated rings. The van der Waals surface area contributed by atoms with Crippen molar-refractivity contribution in [2.75, 3.05) is 18.0 Å². The molecule has 1 aliphatic rings. The maximum absolute atomic E-state index is 12.6. The Kier molecular flexibility index (Phi) is 4.65. The van der Waals surface area contributed by atoms with Gasteiger partial charge < -0.3 is 5.32 Å². The highest BCUT2D eigenvalue weighted by molar-refractivity contribution is 5.94. The third-order valence-corrected chi connectivity index (χ3v) is 4.77. The fraction of sp³-hybridized carbons (Fsp3) is 0.182. The van der Waals surface area contributed by atoms with Gasteiger partial charge in [-0.05, 0) is 59.4 Å². The van der Waals surface area contributed by atoms with Crippen molar-refractivity contribution in [1.82, 2.24) is 10.3 Å². The molecule has 2 heterocycles. The Morgan fingerprint density at radius 1 is 1.00 bits per heavy atom. The van der Waals surface area contributed by atoms with Gasteiger partial charge in [0, 0.05) is 31.2 Å². The lowest BCUT2D eigenvalue weighted by Crippen LogP contribution is -2.39. The lowest BCUT2D eigenvalue weighted by molar-refractivity contribution is 0.247. The summed E-state index contributed by atoms with van der Waals surface area (Å²) in [6, 6.07) is 20.5. The van der Waals surface area contributed by atoms with E-state index in [2.05, 4.69) is 40.6 Å². The van der Waals surface area contributed by atoms with Gasteiger partial charge in [-0.2, -0.15) is 0 Å². The topological polar surface area (TPSA) is 45.2 Å². The van der Waals surface area contributed by atoms with Crippen LogP contribution in [-0.2, 0) is 12.8 Å². The van der Waals surface area contributed by atoms with Gasteiger partial charge in [-0.1, -0.05) is 36.4 Å². The Morgan fingerprint density at radius 2 is 1.81 bits per heavy atom. The highest BCUT2D eigenvalue weighted by atomic mass is 16.2. The predicted molar refractivity (Wildman–Crippen MR) is 104 cm³/mol. The van der Waals surface area contributed by atoms with Crippen molar-refractivity contribution in [3.8, 4) is 11.1 Å². The van der Waals surface area contributed by atoms with E-state index >= 15 is 0 Å². The minimum Gasteiger partial charge on any atom is -0.337 e. The molecular formula is C22H21N3O. The van der Waals surface area contributed by atoms with Crippen LogP contribution in [0.5, 0.6) is 0 Å². The van der Waals surface area contributed by atoms with Crippen molar-refractivity contribution in [2.45, 2.75) is 12.8 Å². The minimum absolute atomic E-state index is 0.0173. The number of rotatable bonds is 4. The summed E-state index contributed by atoms with van der Waals surface area (Å²) < 4.78 is 0. The molecule has 0 bridgehead atoms. The van der Waals surface area contributed by atoms with E-state index < -0.39 is 0 Å². The van der Waals surface area contributed by atoms with Crippen molar-refractivity contribution in [1.29, 1.82) is 0 Å². The highest BCUT2D eigenvalue weighted by Crippen LogP contribution is 2.32. The Bertz CT molecular complexity index is 894. The molecule has 0 saturated heterocycles. The third-order valence-electron chi connectivity index (χ3n) is 4.77. The Balaban J connectivity index is 1.42. The van der Waals surface area contributed by atoms with Crippen LogP contribution in [0.1, 0.15) is 11.1 Å². The zero-order chi connectivity index (χ0) is 17.8. The molecule has 130 valence electrons. The number of aromatic nitrogens is 1. The second-order valence-corrected chi connectivity index (χ2v) is 6.45. The number of anilines is 1. The van der Waals surface area contributed by atoms with Gasteiger partial charge in [0.15, 0.2) is 0 Å². The summed E-state index contributed by atoms with van der Waals surface area (Å²) in [4.78, 5) is 18.5. The molecule has 2 aromatic carbocycles. The molecule has 4 rings (SSSR count). The molecule has 0 aliphatic carbocycles. The van der Waals surface area contributed by atoms with Crippen LogP contribution < -0.4 is 10.2 Å². The van der Waals surface area contributed by atoms with Crippen molar-refractivity contribution < 1.29 is 4.79 Å². The van der Waals surface area contributed by atoms with Gasteiger partial charge >= 0.3 is 6.03 Å². The van der Waals surface area contributed by atoms with Crippen LogP contribution in [-0.4, -0.2) is 24.1 Å². The van der Waals surface area contributed by atoms with Gasteiger partial charge in [0.05, 0.1) is 0 Å². The average molecular weight is 343 g/mol. The summed E-state index contributed by atoms with van der Waals surface area (Å²) in [5.74, 6) is 0. The zero-order valence-electron chi connectivity index (χ0n) is 14.6. The van der Waals surface area contributed by atoms with Gasteiger partial charge in [-0.25, -0.2) is 4.79 Å². The lowest BCUT2D eigenvalue weighted by atomic mass is 10.0. The molecule has 0 spiro atoms. The number of carbonyl (C=O) groups excluding carboxylic acids is 1. The summed E-state index contributed by atoms with van der Waals surface area (Å²) in [7, 11) is 0. The van der Waals surface area contributed by atoms with E-state index in [0.717, 1.165) is 36.2 Å². The number of hydrogen-bond donors (Lipinski definition) is 1. The largest absolute Gasteiger partial charge is 0.337 e. The minimum atomic E-state index is -0.0173. The molecule has 1 aliphatic heterocycles. The van der Waals surface area contributed by atoms with Crippen molar-refractivity contribution in [2.24, 2.45) is 0 Å². The van der Waals surface area contributed by atoms with Crippen molar-refractivity contribution in [3.63, 3.8) is 0 Å². The van der Waals surface area contributed by atoms with Gasteiger partial charge in [-0.15, -0.1) is 0 Å². The summed E-state index contributed by atoms with van der Waals surface area (Å²) in [6.07, 6.45) is 5.33. The highest BCUT2D eigenvalue weighted by Gasteiger charge is 2.24. The van der Waals surface area contributed by atoms with E-state index in [0.29, 0.717) is 6.54 Å². The standard InChI is InChI=1S/C22H21N3O/c26-22(24-14-8-17-4-2-1-3-5-17)25-15-11-20-16-19(6-7-21(20)25)18-9-12-23-13-10-18/h1-7,9-10,12-13,16H,8,11,14-15H2,(H,24,26). The Hall–Kier alpha value is -3.14.